The number of amides is 1. The summed E-state index contributed by atoms with van der Waals surface area (Å²) in [6.45, 7) is 9.39. The van der Waals surface area contributed by atoms with E-state index in [-0.39, 0.29) is 11.8 Å². The van der Waals surface area contributed by atoms with Crippen LogP contribution in [0.5, 0.6) is 0 Å². The summed E-state index contributed by atoms with van der Waals surface area (Å²) in [5.74, 6) is 0.00884. The first-order valence-electron chi connectivity index (χ1n) is 12.3. The van der Waals surface area contributed by atoms with E-state index < -0.39 is 10.0 Å². The molecule has 1 amide bonds. The fraction of sp³-hybridized carbons (Fsp3) is 0.481. The Kier molecular flexibility index (Phi) is 7.48. The molecule has 2 heterocycles. The molecule has 2 aliphatic rings. The molecule has 2 aliphatic heterocycles. The number of benzene rings is 2. The number of carbonyl (C=O) groups excluding carboxylic acids is 1. The van der Waals surface area contributed by atoms with E-state index in [1.165, 1.54) is 0 Å². The van der Waals surface area contributed by atoms with E-state index in [0.29, 0.717) is 49.5 Å². The molecule has 2 aromatic rings. The molecule has 2 fully saturated rings. The van der Waals surface area contributed by atoms with Crippen molar-refractivity contribution in [1.29, 1.82) is 5.26 Å². The molecule has 0 atom stereocenters. The van der Waals surface area contributed by atoms with Gasteiger partial charge in [0.05, 0.1) is 16.5 Å². The highest BCUT2D eigenvalue weighted by Crippen LogP contribution is 2.29. The van der Waals surface area contributed by atoms with Gasteiger partial charge in [0.15, 0.2) is 0 Å². The van der Waals surface area contributed by atoms with Crippen LogP contribution in [0.1, 0.15) is 41.5 Å². The molecule has 186 valence electrons. The van der Waals surface area contributed by atoms with Crippen LogP contribution in [0.3, 0.4) is 0 Å². The Hall–Kier alpha value is -2.89. The summed E-state index contributed by atoms with van der Waals surface area (Å²) < 4.78 is 28.3. The molecular formula is C27H34N4O3S. The molecule has 0 spiro atoms. The number of carbonyl (C=O) groups is 1. The average Bonchev–Trinajstić information content (AvgIpc) is 3.09. The number of rotatable bonds is 4. The van der Waals surface area contributed by atoms with Gasteiger partial charge in [-0.25, -0.2) is 8.42 Å². The summed E-state index contributed by atoms with van der Waals surface area (Å²) in [5.41, 5.74) is 4.31. The number of anilines is 1. The highest BCUT2D eigenvalue weighted by Gasteiger charge is 2.35. The molecule has 8 heteroatoms. The van der Waals surface area contributed by atoms with Crippen molar-refractivity contribution in [2.45, 2.75) is 44.9 Å². The van der Waals surface area contributed by atoms with E-state index in [1.54, 1.807) is 4.31 Å². The van der Waals surface area contributed by atoms with E-state index in [2.05, 4.69) is 11.0 Å². The van der Waals surface area contributed by atoms with Crippen LogP contribution < -0.4 is 4.90 Å². The van der Waals surface area contributed by atoms with Crippen LogP contribution in [-0.4, -0.2) is 62.8 Å². The minimum absolute atomic E-state index is 0.136. The fourth-order valence-corrected chi connectivity index (χ4v) is 7.33. The van der Waals surface area contributed by atoms with Crippen LogP contribution in [0.4, 0.5) is 5.69 Å². The van der Waals surface area contributed by atoms with Crippen LogP contribution in [0.25, 0.3) is 0 Å². The maximum absolute atomic E-state index is 13.4. The molecule has 2 saturated heterocycles. The Labute approximate surface area is 209 Å². The maximum Gasteiger partial charge on any atom is 0.243 e. The summed E-state index contributed by atoms with van der Waals surface area (Å²) in [5, 5.41) is 9.01. The van der Waals surface area contributed by atoms with Crippen LogP contribution in [-0.2, 0) is 14.8 Å². The second kappa shape index (κ2) is 10.4. The van der Waals surface area contributed by atoms with Crippen LogP contribution >= 0.6 is 0 Å². The summed E-state index contributed by atoms with van der Waals surface area (Å²) in [4.78, 5) is 17.9. The lowest BCUT2D eigenvalue weighted by atomic mass is 9.96. The van der Waals surface area contributed by atoms with Crippen molar-refractivity contribution in [3.05, 3.63) is 58.7 Å². The van der Waals surface area contributed by atoms with Gasteiger partial charge in [-0.05, 0) is 75.4 Å². The first kappa shape index (κ1) is 25.2. The number of sulfonamides is 1. The normalized spacial score (nSPS) is 18.2. The minimum Gasteiger partial charge on any atom is -0.370 e. The molecular weight excluding hydrogens is 460 g/mol. The Morgan fingerprint density at radius 1 is 0.914 bits per heavy atom. The lowest BCUT2D eigenvalue weighted by molar-refractivity contribution is -0.136. The number of nitrogens with zero attached hydrogens (tertiary/aromatic N) is 4. The zero-order valence-corrected chi connectivity index (χ0v) is 21.6. The van der Waals surface area contributed by atoms with Crippen molar-refractivity contribution in [1.82, 2.24) is 9.21 Å². The Bertz CT molecular complexity index is 1200. The molecule has 0 saturated carbocycles. The van der Waals surface area contributed by atoms with Gasteiger partial charge in [0, 0.05) is 50.9 Å². The first-order chi connectivity index (χ1) is 16.7. The molecule has 0 aliphatic carbocycles. The molecule has 7 nitrogen and oxygen atoms in total. The van der Waals surface area contributed by atoms with Crippen molar-refractivity contribution in [3.63, 3.8) is 0 Å². The zero-order valence-electron chi connectivity index (χ0n) is 20.8. The molecule has 35 heavy (non-hydrogen) atoms. The summed E-state index contributed by atoms with van der Waals surface area (Å²) in [6.07, 6.45) is 1.99. The highest BCUT2D eigenvalue weighted by atomic mass is 32.2. The first-order valence-corrected chi connectivity index (χ1v) is 13.8. The zero-order chi connectivity index (χ0) is 25.2. The third-order valence-electron chi connectivity index (χ3n) is 7.17. The second-order valence-corrected chi connectivity index (χ2v) is 11.6. The second-order valence-electron chi connectivity index (χ2n) is 9.73. The number of aryl methyl sites for hydroxylation is 3. The predicted octanol–water partition coefficient (Wildman–Crippen LogP) is 3.62. The molecule has 0 aromatic heterocycles. The minimum atomic E-state index is -3.58. The largest absolute Gasteiger partial charge is 0.370 e. The average molecular weight is 495 g/mol. The summed E-state index contributed by atoms with van der Waals surface area (Å²) >= 11 is 0. The van der Waals surface area contributed by atoms with Gasteiger partial charge < -0.3 is 9.80 Å². The summed E-state index contributed by atoms with van der Waals surface area (Å²) in [7, 11) is -3.58. The summed E-state index contributed by atoms with van der Waals surface area (Å²) in [6, 6.07) is 13.5. The topological polar surface area (TPSA) is 84.7 Å². The van der Waals surface area contributed by atoms with Crippen molar-refractivity contribution in [2.75, 3.05) is 44.2 Å². The molecule has 0 N–H and O–H groups in total. The Balaban J connectivity index is 1.36. The maximum atomic E-state index is 13.4. The van der Waals surface area contributed by atoms with Crippen LogP contribution in [0, 0.1) is 38.0 Å². The lowest BCUT2D eigenvalue weighted by Gasteiger charge is -2.34. The van der Waals surface area contributed by atoms with E-state index in [4.69, 9.17) is 5.26 Å². The van der Waals surface area contributed by atoms with E-state index in [9.17, 15) is 13.2 Å². The molecule has 4 rings (SSSR count). The van der Waals surface area contributed by atoms with Crippen molar-refractivity contribution >= 4 is 21.6 Å². The van der Waals surface area contributed by atoms with Gasteiger partial charge in [0.1, 0.15) is 0 Å². The Morgan fingerprint density at radius 3 is 2.14 bits per heavy atom. The van der Waals surface area contributed by atoms with Crippen LogP contribution in [0.2, 0.25) is 0 Å². The fourth-order valence-electron chi connectivity index (χ4n) is 5.45. The van der Waals surface area contributed by atoms with E-state index in [0.717, 1.165) is 41.9 Å². The highest BCUT2D eigenvalue weighted by molar-refractivity contribution is 7.89. The predicted molar refractivity (Wildman–Crippen MR) is 137 cm³/mol. The lowest BCUT2D eigenvalue weighted by Crippen LogP contribution is -2.45. The van der Waals surface area contributed by atoms with Gasteiger partial charge in [0.25, 0.3) is 0 Å². The number of piperidine rings is 1. The monoisotopic (exact) mass is 494 g/mol. The third kappa shape index (κ3) is 5.36. The van der Waals surface area contributed by atoms with Gasteiger partial charge in [-0.15, -0.1) is 0 Å². The van der Waals surface area contributed by atoms with E-state index >= 15 is 0 Å². The number of hydrogen-bond acceptors (Lipinski definition) is 5. The number of nitriles is 1. The molecule has 0 radical (unpaired) electrons. The van der Waals surface area contributed by atoms with E-state index in [1.807, 2.05) is 62.1 Å². The standard InChI is InChI=1S/C27H34N4O3S/c1-20-17-21(2)26(22(3)18-20)35(33,34)31-13-9-24(10-14-31)27(32)30-12-4-11-29(15-16-30)25-7-5-23(19-28)6-8-25/h5-8,17-18,24H,4,9-16H2,1-3H3. The quantitative estimate of drug-likeness (QED) is 0.648. The van der Waals surface area contributed by atoms with Gasteiger partial charge in [-0.1, -0.05) is 17.7 Å². The Morgan fingerprint density at radius 2 is 1.54 bits per heavy atom. The third-order valence-corrected chi connectivity index (χ3v) is 9.38. The van der Waals surface area contributed by atoms with Crippen molar-refractivity contribution < 1.29 is 13.2 Å². The van der Waals surface area contributed by atoms with Gasteiger partial charge >= 0.3 is 0 Å². The molecule has 0 bridgehead atoms. The smallest absolute Gasteiger partial charge is 0.243 e. The molecule has 0 unspecified atom stereocenters. The van der Waals surface area contributed by atoms with Crippen molar-refractivity contribution in [3.8, 4) is 6.07 Å². The van der Waals surface area contributed by atoms with Gasteiger partial charge in [-0.2, -0.15) is 9.57 Å². The number of hydrogen-bond donors (Lipinski definition) is 0. The van der Waals surface area contributed by atoms with Gasteiger partial charge in [0.2, 0.25) is 15.9 Å². The molecule has 2 aromatic carbocycles. The van der Waals surface area contributed by atoms with Crippen molar-refractivity contribution in [2.24, 2.45) is 5.92 Å². The van der Waals surface area contributed by atoms with Gasteiger partial charge in [-0.3, -0.25) is 4.79 Å². The van der Waals surface area contributed by atoms with Crippen LogP contribution in [0.15, 0.2) is 41.3 Å². The SMILES string of the molecule is Cc1cc(C)c(S(=O)(=O)N2CCC(C(=O)N3CCCN(c4ccc(C#N)cc4)CC3)CC2)c(C)c1.